The fraction of sp³-hybridized carbons (Fsp3) is 0.500. The third-order valence-electron chi connectivity index (χ3n) is 4.98. The smallest absolute Gasteiger partial charge is 0.200 e. The number of ether oxygens (including phenoxy) is 1. The van der Waals surface area contributed by atoms with E-state index in [1.807, 2.05) is 45.2 Å². The van der Waals surface area contributed by atoms with E-state index in [0.717, 1.165) is 27.8 Å². The van der Waals surface area contributed by atoms with Crippen molar-refractivity contribution in [2.45, 2.75) is 58.8 Å². The van der Waals surface area contributed by atoms with Crippen molar-refractivity contribution >= 4 is 16.7 Å². The van der Waals surface area contributed by atoms with Gasteiger partial charge in [-0.25, -0.2) is 0 Å². The summed E-state index contributed by atoms with van der Waals surface area (Å²) in [6.45, 7) is 9.11. The van der Waals surface area contributed by atoms with E-state index in [2.05, 4.69) is 0 Å². The monoisotopic (exact) mass is 343 g/mol. The Hall–Kier alpha value is -2.14. The summed E-state index contributed by atoms with van der Waals surface area (Å²) < 4.78 is 7.81. The number of fused-ring (bicyclic) bond motifs is 3. The zero-order valence-corrected chi connectivity index (χ0v) is 15.4. The zero-order chi connectivity index (χ0) is 18.5. The molecule has 2 unspecified atom stereocenters. The van der Waals surface area contributed by atoms with Crippen LogP contribution in [0.4, 0.5) is 0 Å². The molecule has 0 saturated carbocycles. The predicted molar refractivity (Wildman–Crippen MR) is 92.2 cm³/mol. The topological polar surface area (TPSA) is 73.5 Å². The van der Waals surface area contributed by atoms with Crippen molar-refractivity contribution in [1.82, 2.24) is 0 Å². The number of aryl methyl sites for hydroxylation is 1. The van der Waals surface area contributed by atoms with Gasteiger partial charge in [0, 0.05) is 25.3 Å². The van der Waals surface area contributed by atoms with Crippen LogP contribution in [0.25, 0.3) is 10.8 Å². The second kappa shape index (κ2) is 5.99. The highest BCUT2D eigenvalue weighted by Gasteiger charge is 2.36. The van der Waals surface area contributed by atoms with Gasteiger partial charge in [0.2, 0.25) is 0 Å². The molecule has 0 saturated heterocycles. The maximum absolute atomic E-state index is 11.7. The average Bonchev–Trinajstić information content (AvgIpc) is 2.92. The number of pyridine rings is 1. The first-order valence-electron chi connectivity index (χ1n) is 8.67. The molecule has 5 heteroatoms. The average molecular weight is 343 g/mol. The van der Waals surface area contributed by atoms with Gasteiger partial charge in [0.1, 0.15) is 17.8 Å². The Balaban J connectivity index is 2.16. The molecule has 1 aromatic carbocycles. The first kappa shape index (κ1) is 17.7. The molecule has 25 heavy (non-hydrogen) atoms. The molecule has 0 bridgehead atoms. The number of aliphatic hydroxyl groups is 1. The number of aliphatic carboxylic acids is 1. The lowest BCUT2D eigenvalue weighted by Crippen LogP contribution is -2.53. The van der Waals surface area contributed by atoms with Crippen LogP contribution in [0.5, 0.6) is 5.75 Å². The van der Waals surface area contributed by atoms with Crippen LogP contribution in [0.15, 0.2) is 24.4 Å². The Kier molecular flexibility index (Phi) is 4.23. The summed E-state index contributed by atoms with van der Waals surface area (Å²) >= 11 is 0. The van der Waals surface area contributed by atoms with Crippen LogP contribution in [-0.4, -0.2) is 22.8 Å². The summed E-state index contributed by atoms with van der Waals surface area (Å²) in [5.74, 6) is -0.461. The van der Waals surface area contributed by atoms with Gasteiger partial charge in [-0.1, -0.05) is 26.0 Å². The molecule has 2 heterocycles. The lowest BCUT2D eigenvalue weighted by atomic mass is 9.96. The molecule has 3 rings (SSSR count). The fourth-order valence-corrected chi connectivity index (χ4v) is 3.54. The van der Waals surface area contributed by atoms with Crippen LogP contribution >= 0.6 is 0 Å². The van der Waals surface area contributed by atoms with Crippen LogP contribution in [-0.2, 0) is 11.2 Å². The molecule has 0 aliphatic carbocycles. The van der Waals surface area contributed by atoms with Gasteiger partial charge in [0.15, 0.2) is 17.9 Å². The molecule has 1 aliphatic heterocycles. The Morgan fingerprint density at radius 1 is 1.40 bits per heavy atom. The van der Waals surface area contributed by atoms with Gasteiger partial charge in [-0.3, -0.25) is 0 Å². The molecule has 1 aromatic heterocycles. The van der Waals surface area contributed by atoms with E-state index in [1.54, 1.807) is 18.4 Å². The van der Waals surface area contributed by atoms with E-state index in [0.29, 0.717) is 6.42 Å². The minimum absolute atomic E-state index is 0.104. The van der Waals surface area contributed by atoms with Crippen molar-refractivity contribution in [1.29, 1.82) is 0 Å². The number of rotatable bonds is 4. The normalized spacial score (nSPS) is 18.3. The lowest BCUT2D eigenvalue weighted by Gasteiger charge is -2.24. The van der Waals surface area contributed by atoms with Gasteiger partial charge in [-0.2, -0.15) is 4.57 Å². The van der Waals surface area contributed by atoms with Gasteiger partial charge in [0.25, 0.3) is 0 Å². The molecular formula is C20H25NO4. The Bertz CT molecular complexity index is 836. The molecule has 0 amide bonds. The third kappa shape index (κ3) is 3.09. The standard InChI is InChI=1S/C20H25NO4/c1-11(2)17(19(22)23)21-10-15-13(8-12(21)3)6-7-14-9-16(20(4,5)24)25-18(14)15/h6-8,10-11,16-17,24H,9H2,1-5H3. The van der Waals surface area contributed by atoms with E-state index in [1.165, 1.54) is 0 Å². The van der Waals surface area contributed by atoms with Crippen molar-refractivity contribution in [3.05, 3.63) is 35.7 Å². The highest BCUT2D eigenvalue weighted by molar-refractivity contribution is 5.89. The molecule has 0 radical (unpaired) electrons. The summed E-state index contributed by atoms with van der Waals surface area (Å²) in [5.41, 5.74) is 0.939. The summed E-state index contributed by atoms with van der Waals surface area (Å²) in [6.07, 6.45) is 2.16. The molecule has 0 spiro atoms. The minimum atomic E-state index is -1.09. The Morgan fingerprint density at radius 2 is 2.08 bits per heavy atom. The Morgan fingerprint density at radius 3 is 2.64 bits per heavy atom. The number of benzene rings is 1. The first-order valence-corrected chi connectivity index (χ1v) is 8.67. The molecule has 0 fully saturated rings. The number of hydrogen-bond donors (Lipinski definition) is 1. The molecule has 134 valence electrons. The maximum Gasteiger partial charge on any atom is 0.200 e. The van der Waals surface area contributed by atoms with E-state index >= 15 is 0 Å². The van der Waals surface area contributed by atoms with Crippen LogP contribution < -0.4 is 14.4 Å². The molecular weight excluding hydrogens is 318 g/mol. The van der Waals surface area contributed by atoms with Gasteiger partial charge in [0.05, 0.1) is 11.0 Å². The summed E-state index contributed by atoms with van der Waals surface area (Å²) in [6, 6.07) is 5.26. The van der Waals surface area contributed by atoms with Crippen molar-refractivity contribution < 1.29 is 24.3 Å². The SMILES string of the molecule is Cc1cc2ccc3c(c2c[n+]1C(C(=O)[O-])C(C)C)OC(C(C)(C)O)C3. The molecule has 1 N–H and O–H groups in total. The molecule has 1 aliphatic rings. The van der Waals surface area contributed by atoms with E-state index in [9.17, 15) is 15.0 Å². The van der Waals surface area contributed by atoms with Crippen molar-refractivity contribution in [2.75, 3.05) is 0 Å². The summed E-state index contributed by atoms with van der Waals surface area (Å²) in [7, 11) is 0. The summed E-state index contributed by atoms with van der Waals surface area (Å²) in [5, 5.41) is 23.8. The number of aromatic nitrogens is 1. The Labute approximate surface area is 147 Å². The van der Waals surface area contributed by atoms with E-state index in [4.69, 9.17) is 4.74 Å². The minimum Gasteiger partial charge on any atom is -0.543 e. The molecule has 2 aromatic rings. The van der Waals surface area contributed by atoms with Crippen LogP contribution in [0.3, 0.4) is 0 Å². The van der Waals surface area contributed by atoms with Crippen molar-refractivity contribution in [3.8, 4) is 5.75 Å². The van der Waals surface area contributed by atoms with Gasteiger partial charge in [-0.15, -0.1) is 0 Å². The zero-order valence-electron chi connectivity index (χ0n) is 15.4. The number of hydrogen-bond acceptors (Lipinski definition) is 4. The number of carboxylic acid groups (broad SMARTS) is 1. The first-order chi connectivity index (χ1) is 11.6. The van der Waals surface area contributed by atoms with Crippen molar-refractivity contribution in [2.24, 2.45) is 5.92 Å². The number of nitrogens with zero attached hydrogens (tertiary/aromatic N) is 1. The molecule has 5 nitrogen and oxygen atoms in total. The van der Waals surface area contributed by atoms with Crippen LogP contribution in [0, 0.1) is 12.8 Å². The fourth-order valence-electron chi connectivity index (χ4n) is 3.54. The summed E-state index contributed by atoms with van der Waals surface area (Å²) in [4.78, 5) is 11.7. The van der Waals surface area contributed by atoms with Gasteiger partial charge >= 0.3 is 0 Å². The highest BCUT2D eigenvalue weighted by atomic mass is 16.5. The second-order valence-corrected chi connectivity index (χ2v) is 7.85. The maximum atomic E-state index is 11.7. The lowest BCUT2D eigenvalue weighted by molar-refractivity contribution is -0.726. The largest absolute Gasteiger partial charge is 0.543 e. The van der Waals surface area contributed by atoms with E-state index < -0.39 is 17.6 Å². The van der Waals surface area contributed by atoms with Crippen molar-refractivity contribution in [3.63, 3.8) is 0 Å². The number of carbonyl (C=O) groups excluding carboxylic acids is 1. The van der Waals surface area contributed by atoms with Gasteiger partial charge in [-0.05, 0) is 24.8 Å². The predicted octanol–water partition coefficient (Wildman–Crippen LogP) is 1.46. The highest BCUT2D eigenvalue weighted by Crippen LogP contribution is 2.38. The van der Waals surface area contributed by atoms with Crippen LogP contribution in [0.2, 0.25) is 0 Å². The van der Waals surface area contributed by atoms with Gasteiger partial charge < -0.3 is 19.7 Å². The van der Waals surface area contributed by atoms with E-state index in [-0.39, 0.29) is 12.0 Å². The third-order valence-corrected chi connectivity index (χ3v) is 4.98. The number of carbonyl (C=O) groups is 1. The van der Waals surface area contributed by atoms with Crippen LogP contribution in [0.1, 0.15) is 45.0 Å². The molecule has 2 atom stereocenters. The second-order valence-electron chi connectivity index (χ2n) is 7.85. The number of carboxylic acids is 1. The quantitative estimate of drug-likeness (QED) is 0.853.